The minimum Gasteiger partial charge on any atom is -0.381 e. The van der Waals surface area contributed by atoms with Gasteiger partial charge in [0.05, 0.1) is 0 Å². The molecule has 0 unspecified atom stereocenters. The molecule has 0 saturated heterocycles. The largest absolute Gasteiger partial charge is 0.381 e. The molecule has 1 aliphatic rings. The van der Waals surface area contributed by atoms with Crippen LogP contribution in [0.5, 0.6) is 0 Å². The fourth-order valence-corrected chi connectivity index (χ4v) is 1.79. The predicted molar refractivity (Wildman–Crippen MR) is 76.0 cm³/mol. The third-order valence-electron chi connectivity index (χ3n) is 2.95. The first-order chi connectivity index (χ1) is 9.33. The first-order valence-electron chi connectivity index (χ1n) is 7.00. The first-order valence-corrected chi connectivity index (χ1v) is 7.00. The molecule has 1 saturated carbocycles. The van der Waals surface area contributed by atoms with E-state index < -0.39 is 0 Å². The van der Waals surface area contributed by atoms with Gasteiger partial charge in [-0.25, -0.2) is 15.8 Å². The van der Waals surface area contributed by atoms with Gasteiger partial charge in [-0.05, 0) is 25.7 Å². The van der Waals surface area contributed by atoms with Crippen LogP contribution in [0.3, 0.4) is 0 Å². The van der Waals surface area contributed by atoms with Gasteiger partial charge in [0.25, 0.3) is 0 Å². The van der Waals surface area contributed by atoms with Crippen LogP contribution in [0.4, 0.5) is 11.6 Å². The van der Waals surface area contributed by atoms with E-state index in [1.54, 1.807) is 0 Å². The van der Waals surface area contributed by atoms with Crippen LogP contribution < -0.4 is 16.6 Å². The molecule has 1 aliphatic carbocycles. The van der Waals surface area contributed by atoms with Gasteiger partial charge in [-0.15, -0.1) is 0 Å². The molecule has 6 heteroatoms. The number of anilines is 2. The van der Waals surface area contributed by atoms with Crippen molar-refractivity contribution >= 4 is 11.6 Å². The second-order valence-corrected chi connectivity index (χ2v) is 4.81. The van der Waals surface area contributed by atoms with E-state index in [-0.39, 0.29) is 0 Å². The average Bonchev–Trinajstić information content (AvgIpc) is 3.27. The van der Waals surface area contributed by atoms with E-state index in [9.17, 15) is 0 Å². The van der Waals surface area contributed by atoms with Crippen molar-refractivity contribution in [1.82, 2.24) is 9.97 Å². The molecule has 4 N–H and O–H groups in total. The van der Waals surface area contributed by atoms with Gasteiger partial charge in [0, 0.05) is 31.7 Å². The number of nitrogens with two attached hydrogens (primary N) is 1. The van der Waals surface area contributed by atoms with E-state index in [0.717, 1.165) is 44.2 Å². The third kappa shape index (κ3) is 4.65. The molecule has 0 radical (unpaired) electrons. The highest BCUT2D eigenvalue weighted by molar-refractivity contribution is 5.47. The zero-order chi connectivity index (χ0) is 13.5. The summed E-state index contributed by atoms with van der Waals surface area (Å²) in [5, 5.41) is 3.29. The zero-order valence-electron chi connectivity index (χ0n) is 11.5. The summed E-state index contributed by atoms with van der Waals surface area (Å²) in [7, 11) is 0. The van der Waals surface area contributed by atoms with Gasteiger partial charge in [-0.3, -0.25) is 0 Å². The normalized spacial score (nSPS) is 14.4. The lowest BCUT2D eigenvalue weighted by Crippen LogP contribution is -2.13. The lowest BCUT2D eigenvalue weighted by atomic mass is 10.3. The Labute approximate surface area is 114 Å². The lowest BCUT2D eigenvalue weighted by Gasteiger charge is -2.09. The molecule has 0 aromatic carbocycles. The van der Waals surface area contributed by atoms with Crippen LogP contribution in [0.15, 0.2) is 6.07 Å². The Morgan fingerprint density at radius 2 is 2.11 bits per heavy atom. The van der Waals surface area contributed by atoms with Crippen molar-refractivity contribution in [3.05, 3.63) is 11.9 Å². The fraction of sp³-hybridized carbons (Fsp3) is 0.692. The number of nitrogen functional groups attached to an aromatic ring is 1. The second-order valence-electron chi connectivity index (χ2n) is 4.81. The standard InChI is InChI=1S/C13H23N5O/c1-2-7-19-8-3-6-15-11-9-12(18-14)17-13(16-11)10-4-5-10/h9-10H,2-8,14H2,1H3,(H2,15,16,17,18). The number of hydrogen-bond donors (Lipinski definition) is 3. The molecule has 1 fully saturated rings. The molecule has 1 aromatic rings. The monoisotopic (exact) mass is 265 g/mol. The van der Waals surface area contributed by atoms with E-state index in [2.05, 4.69) is 27.6 Å². The van der Waals surface area contributed by atoms with Gasteiger partial charge in [0.15, 0.2) is 0 Å². The summed E-state index contributed by atoms with van der Waals surface area (Å²) < 4.78 is 5.43. The number of nitrogens with zero attached hydrogens (tertiary/aromatic N) is 2. The SMILES string of the molecule is CCCOCCCNc1cc(NN)nc(C2CC2)n1. The highest BCUT2D eigenvalue weighted by Crippen LogP contribution is 2.38. The van der Waals surface area contributed by atoms with Crippen molar-refractivity contribution in [2.24, 2.45) is 5.84 Å². The molecule has 0 atom stereocenters. The minimum atomic E-state index is 0.515. The number of rotatable bonds is 9. The maximum Gasteiger partial charge on any atom is 0.145 e. The van der Waals surface area contributed by atoms with E-state index in [1.165, 1.54) is 12.8 Å². The molecule has 0 aliphatic heterocycles. The summed E-state index contributed by atoms with van der Waals surface area (Å²) in [6.45, 7) is 4.57. The van der Waals surface area contributed by atoms with Gasteiger partial charge in [-0.2, -0.15) is 0 Å². The molecular weight excluding hydrogens is 242 g/mol. The molecule has 6 nitrogen and oxygen atoms in total. The number of hydrogen-bond acceptors (Lipinski definition) is 6. The van der Waals surface area contributed by atoms with Crippen LogP contribution in [0, 0.1) is 0 Å². The highest BCUT2D eigenvalue weighted by Gasteiger charge is 2.27. The maximum atomic E-state index is 5.43. The Kier molecular flexibility index (Phi) is 5.35. The topological polar surface area (TPSA) is 85.1 Å². The fourth-order valence-electron chi connectivity index (χ4n) is 1.79. The third-order valence-corrected chi connectivity index (χ3v) is 2.95. The first kappa shape index (κ1) is 14.0. The van der Waals surface area contributed by atoms with E-state index in [0.29, 0.717) is 11.7 Å². The quantitative estimate of drug-likeness (QED) is 0.359. The Hall–Kier alpha value is -1.40. The zero-order valence-corrected chi connectivity index (χ0v) is 11.5. The van der Waals surface area contributed by atoms with E-state index in [1.807, 2.05) is 6.07 Å². The summed E-state index contributed by atoms with van der Waals surface area (Å²) in [4.78, 5) is 8.89. The van der Waals surface area contributed by atoms with Crippen molar-refractivity contribution < 1.29 is 4.74 Å². The van der Waals surface area contributed by atoms with Gasteiger partial charge >= 0.3 is 0 Å². The summed E-state index contributed by atoms with van der Waals surface area (Å²) in [5.74, 6) is 8.34. The summed E-state index contributed by atoms with van der Waals surface area (Å²) in [5.41, 5.74) is 2.59. The van der Waals surface area contributed by atoms with Crippen molar-refractivity contribution in [3.8, 4) is 0 Å². The van der Waals surface area contributed by atoms with Crippen molar-refractivity contribution in [1.29, 1.82) is 0 Å². The predicted octanol–water partition coefficient (Wildman–Crippen LogP) is 1.87. The van der Waals surface area contributed by atoms with Gasteiger partial charge in [-0.1, -0.05) is 6.92 Å². The van der Waals surface area contributed by atoms with Gasteiger partial charge in [0.2, 0.25) is 0 Å². The average molecular weight is 265 g/mol. The molecule has 0 bridgehead atoms. The smallest absolute Gasteiger partial charge is 0.145 e. The van der Waals surface area contributed by atoms with E-state index in [4.69, 9.17) is 10.6 Å². The lowest BCUT2D eigenvalue weighted by molar-refractivity contribution is 0.134. The molecule has 1 heterocycles. The maximum absolute atomic E-state index is 5.43. The van der Waals surface area contributed by atoms with Crippen LogP contribution in [-0.4, -0.2) is 29.7 Å². The van der Waals surface area contributed by atoms with Crippen LogP contribution >= 0.6 is 0 Å². The Morgan fingerprint density at radius 1 is 1.32 bits per heavy atom. The molecule has 2 rings (SSSR count). The van der Waals surface area contributed by atoms with Gasteiger partial charge < -0.3 is 15.5 Å². The van der Waals surface area contributed by atoms with Crippen molar-refractivity contribution in [2.75, 3.05) is 30.5 Å². The number of aromatic nitrogens is 2. The summed E-state index contributed by atoms with van der Waals surface area (Å²) in [6, 6.07) is 1.83. The van der Waals surface area contributed by atoms with Crippen LogP contribution in [-0.2, 0) is 4.74 Å². The van der Waals surface area contributed by atoms with Crippen LogP contribution in [0.2, 0.25) is 0 Å². The number of hydrazine groups is 1. The Morgan fingerprint density at radius 3 is 2.79 bits per heavy atom. The minimum absolute atomic E-state index is 0.515. The number of nitrogens with one attached hydrogen (secondary N) is 2. The molecular formula is C13H23N5O. The molecule has 1 aromatic heterocycles. The van der Waals surface area contributed by atoms with Crippen LogP contribution in [0.1, 0.15) is 44.3 Å². The van der Waals surface area contributed by atoms with Gasteiger partial charge in [0.1, 0.15) is 17.5 Å². The highest BCUT2D eigenvalue weighted by atomic mass is 16.5. The molecule has 0 spiro atoms. The van der Waals surface area contributed by atoms with Crippen LogP contribution in [0.25, 0.3) is 0 Å². The Balaban J connectivity index is 1.80. The summed E-state index contributed by atoms with van der Waals surface area (Å²) >= 11 is 0. The number of ether oxygens (including phenoxy) is 1. The van der Waals surface area contributed by atoms with E-state index >= 15 is 0 Å². The second kappa shape index (κ2) is 7.25. The molecule has 19 heavy (non-hydrogen) atoms. The Bertz CT molecular complexity index is 395. The summed E-state index contributed by atoms with van der Waals surface area (Å²) in [6.07, 6.45) is 4.39. The van der Waals surface area contributed by atoms with Crippen molar-refractivity contribution in [2.45, 2.75) is 38.5 Å². The molecule has 106 valence electrons. The molecule has 0 amide bonds. The van der Waals surface area contributed by atoms with Crippen molar-refractivity contribution in [3.63, 3.8) is 0 Å².